The van der Waals surface area contributed by atoms with Gasteiger partial charge in [-0.15, -0.1) is 11.3 Å². The molecule has 0 spiro atoms. The summed E-state index contributed by atoms with van der Waals surface area (Å²) in [7, 11) is 0. The summed E-state index contributed by atoms with van der Waals surface area (Å²) in [5.41, 5.74) is 1.10. The van der Waals surface area contributed by atoms with Gasteiger partial charge in [-0.25, -0.2) is 4.98 Å². The van der Waals surface area contributed by atoms with E-state index in [0.29, 0.717) is 5.25 Å². The average Bonchev–Trinajstić information content (AvgIpc) is 2.84. The molecular formula is C12H19N3S2. The smallest absolute Gasteiger partial charge is 0.157 e. The van der Waals surface area contributed by atoms with Crippen LogP contribution in [0, 0.1) is 12.8 Å². The van der Waals surface area contributed by atoms with E-state index in [-0.39, 0.29) is 0 Å². The third kappa shape index (κ3) is 4.00. The van der Waals surface area contributed by atoms with Crippen LogP contribution in [0.4, 0.5) is 0 Å². The van der Waals surface area contributed by atoms with E-state index in [1.807, 2.05) is 18.7 Å². The van der Waals surface area contributed by atoms with Crippen molar-refractivity contribution >= 4 is 28.3 Å². The maximum Gasteiger partial charge on any atom is 0.157 e. The number of rotatable bonds is 4. The van der Waals surface area contributed by atoms with Crippen molar-refractivity contribution in [1.29, 1.82) is 0 Å². The summed E-state index contributed by atoms with van der Waals surface area (Å²) >= 11 is 3.59. The average molecular weight is 269 g/mol. The minimum Gasteiger partial charge on any atom is -0.358 e. The van der Waals surface area contributed by atoms with E-state index in [2.05, 4.69) is 34.5 Å². The van der Waals surface area contributed by atoms with Gasteiger partial charge in [-0.2, -0.15) is 0 Å². The van der Waals surface area contributed by atoms with Gasteiger partial charge in [-0.05, 0) is 19.3 Å². The van der Waals surface area contributed by atoms with Crippen LogP contribution < -0.4 is 5.32 Å². The van der Waals surface area contributed by atoms with Gasteiger partial charge < -0.3 is 5.32 Å². The molecule has 1 unspecified atom stereocenters. The summed E-state index contributed by atoms with van der Waals surface area (Å²) < 4.78 is 0. The topological polar surface area (TPSA) is 37.3 Å². The van der Waals surface area contributed by atoms with Gasteiger partial charge in [0.1, 0.15) is 5.01 Å². The number of nitrogens with zero attached hydrogens (tertiary/aromatic N) is 2. The molecule has 0 bridgehead atoms. The number of aliphatic imine (C=N–C) groups is 1. The van der Waals surface area contributed by atoms with Gasteiger partial charge in [-0.3, -0.25) is 4.99 Å². The quantitative estimate of drug-likeness (QED) is 0.913. The Hall–Kier alpha value is -0.550. The number of amidine groups is 1. The third-order valence-electron chi connectivity index (χ3n) is 2.51. The van der Waals surface area contributed by atoms with Crippen LogP contribution in [0.5, 0.6) is 0 Å². The molecule has 0 aliphatic carbocycles. The molecule has 94 valence electrons. The molecule has 17 heavy (non-hydrogen) atoms. The van der Waals surface area contributed by atoms with Crippen LogP contribution in [0.25, 0.3) is 0 Å². The predicted molar refractivity (Wildman–Crippen MR) is 76.8 cm³/mol. The van der Waals surface area contributed by atoms with Crippen LogP contribution in [0.15, 0.2) is 10.4 Å². The predicted octanol–water partition coefficient (Wildman–Crippen LogP) is 3.06. The van der Waals surface area contributed by atoms with Gasteiger partial charge in [0.25, 0.3) is 0 Å². The van der Waals surface area contributed by atoms with E-state index in [1.54, 1.807) is 11.3 Å². The molecule has 1 aromatic rings. The first-order valence-electron chi connectivity index (χ1n) is 5.99. The Kier molecular flexibility index (Phi) is 4.45. The molecule has 0 fully saturated rings. The Morgan fingerprint density at radius 1 is 1.53 bits per heavy atom. The van der Waals surface area contributed by atoms with Gasteiger partial charge in [0.2, 0.25) is 0 Å². The fraction of sp³-hybridized carbons (Fsp3) is 0.667. The van der Waals surface area contributed by atoms with E-state index in [1.165, 1.54) is 6.42 Å². The van der Waals surface area contributed by atoms with Crippen molar-refractivity contribution in [2.24, 2.45) is 10.9 Å². The molecule has 0 aromatic carbocycles. The second-order valence-electron chi connectivity index (χ2n) is 4.75. The van der Waals surface area contributed by atoms with Gasteiger partial charge in [0.05, 0.1) is 13.1 Å². The van der Waals surface area contributed by atoms with Gasteiger partial charge in [0.15, 0.2) is 5.17 Å². The summed E-state index contributed by atoms with van der Waals surface area (Å²) in [4.78, 5) is 8.97. The van der Waals surface area contributed by atoms with Crippen molar-refractivity contribution in [3.63, 3.8) is 0 Å². The molecule has 1 atom stereocenters. The summed E-state index contributed by atoms with van der Waals surface area (Å²) in [6.45, 7) is 8.33. The maximum absolute atomic E-state index is 4.54. The Balaban J connectivity index is 1.74. The fourth-order valence-electron chi connectivity index (χ4n) is 1.80. The molecular weight excluding hydrogens is 250 g/mol. The number of aryl methyl sites for hydroxylation is 1. The van der Waals surface area contributed by atoms with Crippen molar-refractivity contribution in [3.8, 4) is 0 Å². The van der Waals surface area contributed by atoms with Crippen LogP contribution >= 0.6 is 23.1 Å². The number of nitrogens with one attached hydrogen (secondary N) is 1. The lowest BCUT2D eigenvalue weighted by atomic mass is 10.1. The van der Waals surface area contributed by atoms with Crippen molar-refractivity contribution in [3.05, 3.63) is 16.1 Å². The lowest BCUT2D eigenvalue weighted by Gasteiger charge is -2.10. The molecule has 0 amide bonds. The lowest BCUT2D eigenvalue weighted by Crippen LogP contribution is -2.19. The fourth-order valence-corrected chi connectivity index (χ4v) is 3.76. The molecule has 0 saturated carbocycles. The minimum absolute atomic E-state index is 0.663. The van der Waals surface area contributed by atoms with Gasteiger partial charge in [-0.1, -0.05) is 25.6 Å². The molecule has 5 heteroatoms. The molecule has 1 aromatic heterocycles. The molecule has 1 aliphatic heterocycles. The zero-order chi connectivity index (χ0) is 12.3. The number of hydrogen-bond donors (Lipinski definition) is 1. The second-order valence-corrected chi connectivity index (χ2v) is 6.98. The Morgan fingerprint density at radius 2 is 2.35 bits per heavy atom. The van der Waals surface area contributed by atoms with Crippen molar-refractivity contribution < 1.29 is 0 Å². The largest absolute Gasteiger partial charge is 0.358 e. The Labute approximate surface area is 111 Å². The zero-order valence-electron chi connectivity index (χ0n) is 10.6. The summed E-state index contributed by atoms with van der Waals surface area (Å²) in [6, 6.07) is 0. The highest BCUT2D eigenvalue weighted by molar-refractivity contribution is 8.14. The molecule has 2 heterocycles. The van der Waals surface area contributed by atoms with E-state index in [4.69, 9.17) is 0 Å². The highest BCUT2D eigenvalue weighted by Crippen LogP contribution is 2.25. The number of aromatic nitrogens is 1. The molecule has 0 saturated heterocycles. The van der Waals surface area contributed by atoms with Crippen LogP contribution in [-0.2, 0) is 6.54 Å². The molecule has 1 aliphatic rings. The maximum atomic E-state index is 4.54. The summed E-state index contributed by atoms with van der Waals surface area (Å²) in [6.07, 6.45) is 1.25. The van der Waals surface area contributed by atoms with Crippen LogP contribution in [0.3, 0.4) is 0 Å². The molecule has 1 N–H and O–H groups in total. The standard InChI is InChI=1S/C12H19N3S2/c1-8(2)4-10-5-13-12(17-10)14-6-11-15-9(3)7-16-11/h7-8,10H,4-6H2,1-3H3,(H,13,14). The van der Waals surface area contributed by atoms with E-state index in [0.717, 1.165) is 34.9 Å². The first kappa shape index (κ1) is 12.9. The van der Waals surface area contributed by atoms with Crippen LogP contribution in [0.1, 0.15) is 31.0 Å². The number of thioether (sulfide) groups is 1. The summed E-state index contributed by atoms with van der Waals surface area (Å²) in [5.74, 6) is 0.753. The highest BCUT2D eigenvalue weighted by Gasteiger charge is 2.20. The van der Waals surface area contributed by atoms with Crippen LogP contribution in [0.2, 0.25) is 0 Å². The molecule has 0 radical (unpaired) electrons. The Morgan fingerprint density at radius 3 is 3.00 bits per heavy atom. The van der Waals surface area contributed by atoms with Crippen molar-refractivity contribution in [1.82, 2.24) is 10.3 Å². The van der Waals surface area contributed by atoms with Crippen molar-refractivity contribution in [2.75, 3.05) is 6.54 Å². The normalized spacial score (nSPS) is 19.8. The highest BCUT2D eigenvalue weighted by atomic mass is 32.2. The summed E-state index contributed by atoms with van der Waals surface area (Å²) in [5, 5.41) is 8.35. The molecule has 3 nitrogen and oxygen atoms in total. The number of thiazole rings is 1. The second kappa shape index (κ2) is 5.87. The van der Waals surface area contributed by atoms with E-state index >= 15 is 0 Å². The van der Waals surface area contributed by atoms with Gasteiger partial charge >= 0.3 is 0 Å². The molecule has 2 rings (SSSR count). The van der Waals surface area contributed by atoms with E-state index in [9.17, 15) is 0 Å². The monoisotopic (exact) mass is 269 g/mol. The zero-order valence-corrected chi connectivity index (χ0v) is 12.2. The van der Waals surface area contributed by atoms with Crippen molar-refractivity contribution in [2.45, 2.75) is 39.0 Å². The van der Waals surface area contributed by atoms with Gasteiger partial charge in [0, 0.05) is 16.3 Å². The lowest BCUT2D eigenvalue weighted by molar-refractivity contribution is 0.575. The van der Waals surface area contributed by atoms with Crippen LogP contribution in [-0.4, -0.2) is 21.9 Å². The SMILES string of the molecule is Cc1csc(CNC2=NCC(CC(C)C)S2)n1. The third-order valence-corrected chi connectivity index (χ3v) is 4.65. The first-order valence-corrected chi connectivity index (χ1v) is 7.75. The first-order chi connectivity index (χ1) is 8.13. The minimum atomic E-state index is 0.663. The Bertz CT molecular complexity index is 398. The van der Waals surface area contributed by atoms with E-state index < -0.39 is 0 Å². The number of hydrogen-bond acceptors (Lipinski definition) is 5.